The number of pyridine rings is 1. The molecule has 0 saturated carbocycles. The maximum atomic E-state index is 5.83. The van der Waals surface area contributed by atoms with Crippen LogP contribution in [-0.2, 0) is 6.54 Å². The Morgan fingerprint density at radius 3 is 2.71 bits per heavy atom. The van der Waals surface area contributed by atoms with Crippen molar-refractivity contribution in [3.8, 4) is 0 Å². The van der Waals surface area contributed by atoms with E-state index in [1.165, 1.54) is 0 Å². The highest BCUT2D eigenvalue weighted by atomic mass is 16.3. The van der Waals surface area contributed by atoms with Gasteiger partial charge in [-0.3, -0.25) is 4.98 Å². The first-order valence-corrected chi connectivity index (χ1v) is 6.94. The van der Waals surface area contributed by atoms with Crippen LogP contribution in [0.1, 0.15) is 5.56 Å². The Bertz CT molecular complexity index is 897. The molecule has 0 aliphatic rings. The lowest BCUT2D eigenvalue weighted by Crippen LogP contribution is -1.99. The van der Waals surface area contributed by atoms with Crippen molar-refractivity contribution in [3.63, 3.8) is 0 Å². The van der Waals surface area contributed by atoms with E-state index in [-0.39, 0.29) is 0 Å². The molecule has 0 spiro atoms. The molecule has 4 aromatic rings. The molecule has 2 heterocycles. The van der Waals surface area contributed by atoms with Crippen LogP contribution in [0.5, 0.6) is 0 Å². The Balaban J connectivity index is 1.68. The van der Waals surface area contributed by atoms with E-state index in [0.717, 1.165) is 39.7 Å². The van der Waals surface area contributed by atoms with Crippen LogP contribution in [0.15, 0.2) is 71.4 Å². The quantitative estimate of drug-likeness (QED) is 0.593. The van der Waals surface area contributed by atoms with Crippen molar-refractivity contribution in [3.05, 3.63) is 72.6 Å². The summed E-state index contributed by atoms with van der Waals surface area (Å²) >= 11 is 0. The first kappa shape index (κ1) is 12.0. The Morgan fingerprint density at radius 2 is 1.81 bits per heavy atom. The van der Waals surface area contributed by atoms with Crippen LogP contribution >= 0.6 is 0 Å². The van der Waals surface area contributed by atoms with Crippen LogP contribution in [0.4, 0.5) is 5.69 Å². The summed E-state index contributed by atoms with van der Waals surface area (Å²) in [5, 5.41) is 5.72. The third-order valence-electron chi connectivity index (χ3n) is 3.60. The van der Waals surface area contributed by atoms with Crippen molar-refractivity contribution in [2.24, 2.45) is 0 Å². The fourth-order valence-corrected chi connectivity index (χ4v) is 2.54. The van der Waals surface area contributed by atoms with E-state index < -0.39 is 0 Å². The van der Waals surface area contributed by atoms with Crippen LogP contribution in [-0.4, -0.2) is 4.98 Å². The minimum Gasteiger partial charge on any atom is -0.456 e. The maximum Gasteiger partial charge on any atom is 0.135 e. The van der Waals surface area contributed by atoms with Gasteiger partial charge >= 0.3 is 0 Å². The van der Waals surface area contributed by atoms with E-state index >= 15 is 0 Å². The molecule has 21 heavy (non-hydrogen) atoms. The maximum absolute atomic E-state index is 5.83. The number of rotatable bonds is 3. The van der Waals surface area contributed by atoms with Gasteiger partial charge in [0.2, 0.25) is 0 Å². The molecule has 0 aliphatic heterocycles. The highest BCUT2D eigenvalue weighted by molar-refractivity contribution is 6.05. The molecule has 2 aromatic carbocycles. The molecule has 0 saturated heterocycles. The summed E-state index contributed by atoms with van der Waals surface area (Å²) in [7, 11) is 0. The van der Waals surface area contributed by atoms with Gasteiger partial charge in [-0.1, -0.05) is 24.3 Å². The summed E-state index contributed by atoms with van der Waals surface area (Å²) in [5.74, 6) is 0. The van der Waals surface area contributed by atoms with Gasteiger partial charge in [-0.15, -0.1) is 0 Å². The molecule has 0 radical (unpaired) electrons. The zero-order chi connectivity index (χ0) is 14.1. The summed E-state index contributed by atoms with van der Waals surface area (Å²) in [6, 6.07) is 18.3. The average molecular weight is 274 g/mol. The van der Waals surface area contributed by atoms with Gasteiger partial charge in [0.1, 0.15) is 11.2 Å². The second kappa shape index (κ2) is 4.94. The number of aromatic nitrogens is 1. The number of para-hydroxylation sites is 1. The summed E-state index contributed by atoms with van der Waals surface area (Å²) in [4.78, 5) is 4.12. The average Bonchev–Trinajstić information content (AvgIpc) is 2.92. The third-order valence-corrected chi connectivity index (χ3v) is 3.60. The van der Waals surface area contributed by atoms with Crippen LogP contribution in [0.3, 0.4) is 0 Å². The Kier molecular flexibility index (Phi) is 2.82. The number of hydrogen-bond acceptors (Lipinski definition) is 3. The number of benzene rings is 2. The predicted molar refractivity (Wildman–Crippen MR) is 85.3 cm³/mol. The van der Waals surface area contributed by atoms with E-state index in [2.05, 4.69) is 28.5 Å². The van der Waals surface area contributed by atoms with E-state index in [4.69, 9.17) is 4.42 Å². The monoisotopic (exact) mass is 274 g/mol. The van der Waals surface area contributed by atoms with Crippen LogP contribution in [0.25, 0.3) is 21.9 Å². The second-order valence-electron chi connectivity index (χ2n) is 5.02. The smallest absolute Gasteiger partial charge is 0.135 e. The number of hydrogen-bond donors (Lipinski definition) is 1. The van der Waals surface area contributed by atoms with Crippen molar-refractivity contribution >= 4 is 27.6 Å². The molecule has 0 fully saturated rings. The number of fused-ring (bicyclic) bond motifs is 3. The minimum absolute atomic E-state index is 0.759. The minimum atomic E-state index is 0.759. The lowest BCUT2D eigenvalue weighted by atomic mass is 10.1. The Labute approximate surface area is 122 Å². The van der Waals surface area contributed by atoms with Gasteiger partial charge in [0.15, 0.2) is 0 Å². The van der Waals surface area contributed by atoms with Crippen molar-refractivity contribution in [1.29, 1.82) is 0 Å². The van der Waals surface area contributed by atoms with Gasteiger partial charge in [0.05, 0.1) is 0 Å². The third kappa shape index (κ3) is 2.23. The molecule has 2 aromatic heterocycles. The van der Waals surface area contributed by atoms with E-state index in [1.807, 2.05) is 42.6 Å². The molecule has 0 aliphatic carbocycles. The van der Waals surface area contributed by atoms with Gasteiger partial charge in [-0.05, 0) is 35.9 Å². The van der Waals surface area contributed by atoms with Gasteiger partial charge in [-0.25, -0.2) is 0 Å². The molecular weight excluding hydrogens is 260 g/mol. The van der Waals surface area contributed by atoms with E-state index in [0.29, 0.717) is 0 Å². The van der Waals surface area contributed by atoms with Crippen LogP contribution in [0.2, 0.25) is 0 Å². The molecular formula is C18H14N2O. The molecule has 3 heteroatoms. The predicted octanol–water partition coefficient (Wildman–Crippen LogP) is 4.59. The number of nitrogens with one attached hydrogen (secondary N) is 1. The van der Waals surface area contributed by atoms with Crippen molar-refractivity contribution < 1.29 is 4.42 Å². The van der Waals surface area contributed by atoms with E-state index in [1.54, 1.807) is 6.20 Å². The molecule has 102 valence electrons. The zero-order valence-corrected chi connectivity index (χ0v) is 11.4. The van der Waals surface area contributed by atoms with Crippen LogP contribution < -0.4 is 5.32 Å². The summed E-state index contributed by atoms with van der Waals surface area (Å²) in [6.07, 6.45) is 3.66. The molecule has 0 bridgehead atoms. The van der Waals surface area contributed by atoms with Crippen LogP contribution in [0, 0.1) is 0 Å². The summed E-state index contributed by atoms with van der Waals surface area (Å²) in [6.45, 7) is 0.759. The first-order valence-electron chi connectivity index (χ1n) is 6.94. The number of anilines is 1. The Morgan fingerprint density at radius 1 is 0.905 bits per heavy atom. The second-order valence-corrected chi connectivity index (χ2v) is 5.02. The highest BCUT2D eigenvalue weighted by Gasteiger charge is 2.06. The van der Waals surface area contributed by atoms with Gasteiger partial charge in [0, 0.05) is 35.4 Å². The van der Waals surface area contributed by atoms with Crippen molar-refractivity contribution in [1.82, 2.24) is 4.98 Å². The zero-order valence-electron chi connectivity index (χ0n) is 11.4. The standard InChI is InChI=1S/C18H14N2O/c1-2-6-17-15(5-1)16-10-14(7-8-18(16)21-17)20-12-13-4-3-9-19-11-13/h1-11,20H,12H2. The lowest BCUT2D eigenvalue weighted by Gasteiger charge is -2.06. The van der Waals surface area contributed by atoms with E-state index in [9.17, 15) is 0 Å². The number of furan rings is 1. The summed E-state index contributed by atoms with van der Waals surface area (Å²) in [5.41, 5.74) is 4.09. The fraction of sp³-hybridized carbons (Fsp3) is 0.0556. The largest absolute Gasteiger partial charge is 0.456 e. The normalized spacial score (nSPS) is 11.0. The SMILES string of the molecule is c1cncc(CNc2ccc3oc4ccccc4c3c2)c1. The molecule has 3 nitrogen and oxygen atoms in total. The van der Waals surface area contributed by atoms with Gasteiger partial charge < -0.3 is 9.73 Å². The Hall–Kier alpha value is -2.81. The van der Waals surface area contributed by atoms with Crippen molar-refractivity contribution in [2.45, 2.75) is 6.54 Å². The molecule has 0 atom stereocenters. The molecule has 1 N–H and O–H groups in total. The van der Waals surface area contributed by atoms with Gasteiger partial charge in [-0.2, -0.15) is 0 Å². The number of nitrogens with zero attached hydrogens (tertiary/aromatic N) is 1. The molecule has 0 amide bonds. The van der Waals surface area contributed by atoms with Gasteiger partial charge in [0.25, 0.3) is 0 Å². The lowest BCUT2D eigenvalue weighted by molar-refractivity contribution is 0.669. The summed E-state index contributed by atoms with van der Waals surface area (Å²) < 4.78 is 5.83. The van der Waals surface area contributed by atoms with Crippen molar-refractivity contribution in [2.75, 3.05) is 5.32 Å². The highest BCUT2D eigenvalue weighted by Crippen LogP contribution is 2.30. The fourth-order valence-electron chi connectivity index (χ4n) is 2.54. The molecule has 0 unspecified atom stereocenters. The topological polar surface area (TPSA) is 38.1 Å². The first-order chi connectivity index (χ1) is 10.4. The molecule has 4 rings (SSSR count).